The molecule has 0 unspecified atom stereocenters. The van der Waals surface area contributed by atoms with E-state index in [1.54, 1.807) is 12.5 Å². The van der Waals surface area contributed by atoms with Gasteiger partial charge in [0.05, 0.1) is 11.9 Å². The Morgan fingerprint density at radius 2 is 2.12 bits per heavy atom. The van der Waals surface area contributed by atoms with Crippen LogP contribution in [0.3, 0.4) is 0 Å². The number of H-pyrrole nitrogens is 1. The zero-order valence-corrected chi connectivity index (χ0v) is 10.0. The first kappa shape index (κ1) is 14.6. The number of aromatic nitrogens is 1. The lowest BCUT2D eigenvalue weighted by molar-refractivity contribution is -0.191. The largest absolute Gasteiger partial charge is 0.373 e. The Morgan fingerprint density at radius 1 is 1.53 bits per heavy atom. The molecule has 1 aromatic rings. The Labute approximate surface area is 99.6 Å². The van der Waals surface area contributed by atoms with Gasteiger partial charge >= 0.3 is 6.15 Å². The summed E-state index contributed by atoms with van der Waals surface area (Å²) in [5.74, 6) is 0. The molecule has 6 heteroatoms. The molecule has 0 spiro atoms. The number of nitriles is 1. The van der Waals surface area contributed by atoms with Crippen LogP contribution >= 0.6 is 0 Å². The summed E-state index contributed by atoms with van der Waals surface area (Å²) in [6.07, 6.45) is 4.49. The summed E-state index contributed by atoms with van der Waals surface area (Å²) in [5, 5.41) is 8.84. The minimum atomic E-state index is 0.250. The van der Waals surface area contributed by atoms with Gasteiger partial charge in [-0.1, -0.05) is 6.92 Å². The van der Waals surface area contributed by atoms with Gasteiger partial charge in [-0.05, 0) is 6.42 Å². The molecule has 90 valence electrons. The van der Waals surface area contributed by atoms with E-state index in [4.69, 9.17) is 14.9 Å². The number of rotatable bonds is 3. The summed E-state index contributed by atoms with van der Waals surface area (Å²) < 4.78 is 0. The van der Waals surface area contributed by atoms with E-state index < -0.39 is 0 Å². The zero-order valence-electron chi connectivity index (χ0n) is 10.0. The van der Waals surface area contributed by atoms with E-state index in [-0.39, 0.29) is 6.15 Å². The number of nitrogens with one attached hydrogen (secondary N) is 1. The second kappa shape index (κ2) is 7.85. The number of hydrogen-bond acceptors (Lipinski definition) is 4. The van der Waals surface area contributed by atoms with Crippen LogP contribution in [0.25, 0.3) is 0 Å². The van der Waals surface area contributed by atoms with Crippen molar-refractivity contribution in [3.05, 3.63) is 17.5 Å². The molecule has 1 aromatic heterocycles. The highest BCUT2D eigenvalue weighted by Gasteiger charge is 2.07. The Kier molecular flexibility index (Phi) is 6.75. The van der Waals surface area contributed by atoms with Crippen molar-refractivity contribution in [1.82, 2.24) is 9.88 Å². The van der Waals surface area contributed by atoms with Gasteiger partial charge in [-0.15, -0.1) is 0 Å². The number of hydrogen-bond donors (Lipinski definition) is 1. The quantitative estimate of drug-likeness (QED) is 0.626. The molecule has 17 heavy (non-hydrogen) atoms. The molecule has 0 radical (unpaired) electrons. The Morgan fingerprint density at radius 3 is 2.53 bits per heavy atom. The monoisotopic (exact) mass is 234 g/mol. The van der Waals surface area contributed by atoms with E-state index >= 15 is 0 Å². The zero-order chi connectivity index (χ0) is 13.3. The van der Waals surface area contributed by atoms with Gasteiger partial charge in [-0.25, -0.2) is 4.99 Å². The van der Waals surface area contributed by atoms with Gasteiger partial charge in [-0.3, -0.25) is 0 Å². The second-order valence-corrected chi connectivity index (χ2v) is 3.29. The van der Waals surface area contributed by atoms with Crippen molar-refractivity contribution < 1.29 is 9.59 Å². The fraction of sp³-hybridized carbons (Fsp3) is 0.364. The molecule has 6 nitrogen and oxygen atoms in total. The summed E-state index contributed by atoms with van der Waals surface area (Å²) in [5.41, 5.74) is 2.35. The van der Waals surface area contributed by atoms with Crippen molar-refractivity contribution >= 4 is 18.2 Å². The van der Waals surface area contributed by atoms with Gasteiger partial charge in [0, 0.05) is 26.0 Å². The SMILES string of the molecule is CCc1[nH]cc(C#N)c1N=CN(C)C.O=C=O. The molecule has 0 aliphatic heterocycles. The van der Waals surface area contributed by atoms with Gasteiger partial charge < -0.3 is 9.88 Å². The molecule has 1 N–H and O–H groups in total. The van der Waals surface area contributed by atoms with Crippen LogP contribution in [0.15, 0.2) is 11.2 Å². The Balaban J connectivity index is 0.000000770. The maximum atomic E-state index is 8.84. The summed E-state index contributed by atoms with van der Waals surface area (Å²) in [7, 11) is 3.79. The van der Waals surface area contributed by atoms with Crippen LogP contribution in [0.1, 0.15) is 18.2 Å². The topological polar surface area (TPSA) is 89.3 Å². The lowest BCUT2D eigenvalue weighted by atomic mass is 10.2. The highest BCUT2D eigenvalue weighted by atomic mass is 16.2. The lowest BCUT2D eigenvalue weighted by Gasteiger charge is -2.02. The molecule has 0 bridgehead atoms. The summed E-state index contributed by atoms with van der Waals surface area (Å²) in [4.78, 5) is 25.4. The van der Waals surface area contributed by atoms with Crippen LogP contribution in [0.2, 0.25) is 0 Å². The number of carbonyl (C=O) groups excluding carboxylic acids is 2. The van der Waals surface area contributed by atoms with Gasteiger partial charge in [0.15, 0.2) is 0 Å². The van der Waals surface area contributed by atoms with Crippen LogP contribution < -0.4 is 0 Å². The molecule has 1 rings (SSSR count). The van der Waals surface area contributed by atoms with Crippen LogP contribution in [-0.4, -0.2) is 36.5 Å². The van der Waals surface area contributed by atoms with Gasteiger partial charge in [0.1, 0.15) is 11.8 Å². The van der Waals surface area contributed by atoms with Crippen molar-refractivity contribution in [2.24, 2.45) is 4.99 Å². The van der Waals surface area contributed by atoms with E-state index in [1.165, 1.54) is 0 Å². The van der Waals surface area contributed by atoms with Crippen molar-refractivity contribution in [3.63, 3.8) is 0 Å². The summed E-state index contributed by atoms with van der Waals surface area (Å²) >= 11 is 0. The predicted molar refractivity (Wildman–Crippen MR) is 61.7 cm³/mol. The molecule has 0 aromatic carbocycles. The minimum absolute atomic E-state index is 0.250. The normalized spacial score (nSPS) is 9.06. The lowest BCUT2D eigenvalue weighted by Crippen LogP contribution is -2.07. The van der Waals surface area contributed by atoms with Gasteiger partial charge in [-0.2, -0.15) is 14.9 Å². The van der Waals surface area contributed by atoms with Crippen LogP contribution in [0, 0.1) is 11.3 Å². The molecule has 0 fully saturated rings. The summed E-state index contributed by atoms with van der Waals surface area (Å²) in [6, 6.07) is 2.11. The number of aromatic amines is 1. The average Bonchev–Trinajstić information content (AvgIpc) is 2.69. The molecule has 0 amide bonds. The van der Waals surface area contributed by atoms with Crippen molar-refractivity contribution in [1.29, 1.82) is 5.26 Å². The molecule has 0 atom stereocenters. The molecular weight excluding hydrogens is 220 g/mol. The maximum absolute atomic E-state index is 8.84. The van der Waals surface area contributed by atoms with E-state index in [1.807, 2.05) is 25.9 Å². The van der Waals surface area contributed by atoms with E-state index in [9.17, 15) is 0 Å². The van der Waals surface area contributed by atoms with Crippen molar-refractivity contribution in [2.75, 3.05) is 14.1 Å². The van der Waals surface area contributed by atoms with Gasteiger partial charge in [0.2, 0.25) is 0 Å². The van der Waals surface area contributed by atoms with Crippen LogP contribution in [-0.2, 0) is 16.0 Å². The van der Waals surface area contributed by atoms with E-state index in [2.05, 4.69) is 16.0 Å². The van der Waals surface area contributed by atoms with Crippen LogP contribution in [0.5, 0.6) is 0 Å². The minimum Gasteiger partial charge on any atom is -0.369 e. The molecule has 1 heterocycles. The number of nitrogens with zero attached hydrogens (tertiary/aromatic N) is 3. The first-order valence-corrected chi connectivity index (χ1v) is 4.90. The van der Waals surface area contributed by atoms with Crippen molar-refractivity contribution in [3.8, 4) is 6.07 Å². The summed E-state index contributed by atoms with van der Waals surface area (Å²) in [6.45, 7) is 2.03. The fourth-order valence-electron chi connectivity index (χ4n) is 1.13. The third kappa shape index (κ3) is 4.78. The molecular formula is C11H14N4O2. The third-order valence-corrected chi connectivity index (χ3v) is 1.82. The average molecular weight is 234 g/mol. The first-order chi connectivity index (χ1) is 8.10. The number of aryl methyl sites for hydroxylation is 1. The van der Waals surface area contributed by atoms with Gasteiger partial charge in [0.25, 0.3) is 0 Å². The Bertz CT molecular complexity index is 449. The van der Waals surface area contributed by atoms with E-state index in [0.717, 1.165) is 17.8 Å². The molecule has 0 saturated heterocycles. The fourth-order valence-corrected chi connectivity index (χ4v) is 1.13. The van der Waals surface area contributed by atoms with Crippen LogP contribution in [0.4, 0.5) is 5.69 Å². The van der Waals surface area contributed by atoms with E-state index in [0.29, 0.717) is 5.56 Å². The standard InChI is InChI=1S/C10H14N4.CO2/c1-4-9-10(13-7-14(2)3)8(5-11)6-12-9;2-1-3/h6-7,12H,4H2,1-3H3;. The van der Waals surface area contributed by atoms with Crippen molar-refractivity contribution in [2.45, 2.75) is 13.3 Å². The molecule has 0 saturated carbocycles. The Hall–Kier alpha value is -2.38. The highest BCUT2D eigenvalue weighted by molar-refractivity contribution is 5.66. The predicted octanol–water partition coefficient (Wildman–Crippen LogP) is 1.09. The first-order valence-electron chi connectivity index (χ1n) is 4.90. The smallest absolute Gasteiger partial charge is 0.369 e. The maximum Gasteiger partial charge on any atom is 0.373 e. The number of aliphatic imine (C=N–C) groups is 1. The highest BCUT2D eigenvalue weighted by Crippen LogP contribution is 2.23. The molecule has 0 aliphatic carbocycles. The second-order valence-electron chi connectivity index (χ2n) is 3.29. The third-order valence-electron chi connectivity index (χ3n) is 1.82. The molecule has 0 aliphatic rings.